The molecule has 0 fully saturated rings. The number of nitrogens with zero attached hydrogens (tertiary/aromatic N) is 1. The molecule has 0 atom stereocenters. The lowest BCUT2D eigenvalue weighted by atomic mass is 10.1. The maximum atomic E-state index is 12.9. The van der Waals surface area contributed by atoms with Gasteiger partial charge < -0.3 is 10.6 Å². The Bertz CT molecular complexity index is 634. The molecular weight excluding hydrogens is 281 g/mol. The molecule has 1 heterocycles. The summed E-state index contributed by atoms with van der Waals surface area (Å²) in [6.45, 7) is -0.672. The summed E-state index contributed by atoms with van der Waals surface area (Å²) >= 11 is 5.82. The standard InChI is InChI=1S/C14H13ClFN3O/c1-17-14(20)10-4-2-3-5-11(10)19-12-6-13(15)18-8-9(12)7-16/h2-6,8H,7H2,1H3,(H,17,20)(H,18,19). The highest BCUT2D eigenvalue weighted by atomic mass is 35.5. The Morgan fingerprint density at radius 2 is 2.10 bits per heavy atom. The number of hydrogen-bond donors (Lipinski definition) is 2. The molecule has 0 bridgehead atoms. The second-order valence-corrected chi connectivity index (χ2v) is 4.43. The van der Waals surface area contributed by atoms with Crippen molar-refractivity contribution >= 4 is 28.9 Å². The molecule has 0 saturated carbocycles. The van der Waals surface area contributed by atoms with Crippen LogP contribution < -0.4 is 10.6 Å². The first-order chi connectivity index (χ1) is 9.65. The number of hydrogen-bond acceptors (Lipinski definition) is 3. The minimum atomic E-state index is -0.672. The number of aromatic nitrogens is 1. The second kappa shape index (κ2) is 6.34. The molecule has 0 spiro atoms. The van der Waals surface area contributed by atoms with Gasteiger partial charge >= 0.3 is 0 Å². The Kier molecular flexibility index (Phi) is 4.53. The monoisotopic (exact) mass is 293 g/mol. The van der Waals surface area contributed by atoms with Crippen LogP contribution in [0.25, 0.3) is 0 Å². The van der Waals surface area contributed by atoms with Gasteiger partial charge in [-0.05, 0) is 18.2 Å². The summed E-state index contributed by atoms with van der Waals surface area (Å²) in [5.74, 6) is -0.227. The number of pyridine rings is 1. The van der Waals surface area contributed by atoms with Gasteiger partial charge in [-0.25, -0.2) is 9.37 Å². The SMILES string of the molecule is CNC(=O)c1ccccc1Nc1cc(Cl)ncc1CF. The fourth-order valence-corrected chi connectivity index (χ4v) is 1.91. The first-order valence-electron chi connectivity index (χ1n) is 5.94. The smallest absolute Gasteiger partial charge is 0.253 e. The van der Waals surface area contributed by atoms with Gasteiger partial charge in [-0.15, -0.1) is 0 Å². The van der Waals surface area contributed by atoms with Crippen LogP contribution in [0.4, 0.5) is 15.8 Å². The molecule has 104 valence electrons. The molecule has 0 aliphatic rings. The summed E-state index contributed by atoms with van der Waals surface area (Å²) in [7, 11) is 1.55. The molecule has 2 aromatic rings. The van der Waals surface area contributed by atoms with Crippen LogP contribution >= 0.6 is 11.6 Å². The Balaban J connectivity index is 2.40. The minimum absolute atomic E-state index is 0.227. The topological polar surface area (TPSA) is 54.0 Å². The third kappa shape index (κ3) is 3.05. The van der Waals surface area contributed by atoms with Gasteiger partial charge in [-0.1, -0.05) is 23.7 Å². The molecule has 0 aliphatic heterocycles. The van der Waals surface area contributed by atoms with E-state index in [0.29, 0.717) is 22.5 Å². The number of nitrogens with one attached hydrogen (secondary N) is 2. The Morgan fingerprint density at radius 1 is 1.35 bits per heavy atom. The highest BCUT2D eigenvalue weighted by Gasteiger charge is 2.11. The normalized spacial score (nSPS) is 10.2. The van der Waals surface area contributed by atoms with Gasteiger partial charge in [0, 0.05) is 24.5 Å². The third-order valence-electron chi connectivity index (χ3n) is 2.77. The van der Waals surface area contributed by atoms with E-state index in [2.05, 4.69) is 15.6 Å². The van der Waals surface area contributed by atoms with E-state index in [1.54, 1.807) is 31.3 Å². The van der Waals surface area contributed by atoms with Crippen molar-refractivity contribution in [2.75, 3.05) is 12.4 Å². The van der Waals surface area contributed by atoms with Crippen LogP contribution in [0.1, 0.15) is 15.9 Å². The van der Waals surface area contributed by atoms with E-state index >= 15 is 0 Å². The van der Waals surface area contributed by atoms with Gasteiger partial charge in [-0.3, -0.25) is 4.79 Å². The van der Waals surface area contributed by atoms with E-state index in [1.165, 1.54) is 12.3 Å². The molecular formula is C14H13ClFN3O. The van der Waals surface area contributed by atoms with Crippen LogP contribution in [0, 0.1) is 0 Å². The Labute approximate surface area is 121 Å². The van der Waals surface area contributed by atoms with Crippen molar-refractivity contribution in [2.24, 2.45) is 0 Å². The summed E-state index contributed by atoms with van der Waals surface area (Å²) in [5.41, 5.74) is 1.90. The van der Waals surface area contributed by atoms with Crippen LogP contribution in [0.3, 0.4) is 0 Å². The van der Waals surface area contributed by atoms with E-state index in [9.17, 15) is 9.18 Å². The predicted molar refractivity (Wildman–Crippen MR) is 77.2 cm³/mol. The van der Waals surface area contributed by atoms with Crippen molar-refractivity contribution in [3.8, 4) is 0 Å². The average molecular weight is 294 g/mol. The molecule has 20 heavy (non-hydrogen) atoms. The zero-order valence-electron chi connectivity index (χ0n) is 10.8. The summed E-state index contributed by atoms with van der Waals surface area (Å²) in [6, 6.07) is 8.48. The van der Waals surface area contributed by atoms with Crippen LogP contribution in [-0.2, 0) is 6.67 Å². The lowest BCUT2D eigenvalue weighted by molar-refractivity contribution is 0.0964. The molecule has 0 aliphatic carbocycles. The molecule has 1 amide bonds. The molecule has 1 aromatic heterocycles. The van der Waals surface area contributed by atoms with Crippen molar-refractivity contribution in [1.29, 1.82) is 0 Å². The lowest BCUT2D eigenvalue weighted by Crippen LogP contribution is -2.19. The zero-order valence-corrected chi connectivity index (χ0v) is 11.5. The van der Waals surface area contributed by atoms with Crippen molar-refractivity contribution in [1.82, 2.24) is 10.3 Å². The van der Waals surface area contributed by atoms with E-state index in [-0.39, 0.29) is 11.1 Å². The maximum Gasteiger partial charge on any atom is 0.253 e. The molecule has 0 radical (unpaired) electrons. The van der Waals surface area contributed by atoms with E-state index < -0.39 is 6.67 Å². The first-order valence-corrected chi connectivity index (χ1v) is 6.32. The fourth-order valence-electron chi connectivity index (χ4n) is 1.75. The molecule has 1 aromatic carbocycles. The minimum Gasteiger partial charge on any atom is -0.355 e. The van der Waals surface area contributed by atoms with Crippen molar-refractivity contribution in [3.63, 3.8) is 0 Å². The quantitative estimate of drug-likeness (QED) is 0.850. The molecule has 6 heteroatoms. The molecule has 0 unspecified atom stereocenters. The predicted octanol–water partition coefficient (Wildman–Crippen LogP) is 3.31. The van der Waals surface area contributed by atoms with Gasteiger partial charge in [0.15, 0.2) is 0 Å². The van der Waals surface area contributed by atoms with Crippen LogP contribution in [-0.4, -0.2) is 17.9 Å². The number of rotatable bonds is 4. The van der Waals surface area contributed by atoms with E-state index in [0.717, 1.165) is 0 Å². The number of benzene rings is 1. The van der Waals surface area contributed by atoms with Gasteiger partial charge in [0.2, 0.25) is 0 Å². The van der Waals surface area contributed by atoms with E-state index in [4.69, 9.17) is 11.6 Å². The zero-order chi connectivity index (χ0) is 14.5. The summed E-state index contributed by atoms with van der Waals surface area (Å²) in [6.07, 6.45) is 1.37. The first kappa shape index (κ1) is 14.3. The Hall–Kier alpha value is -2.14. The number of amides is 1. The number of anilines is 2. The number of para-hydroxylation sites is 1. The van der Waals surface area contributed by atoms with Gasteiger partial charge in [-0.2, -0.15) is 0 Å². The van der Waals surface area contributed by atoms with Crippen molar-refractivity contribution in [2.45, 2.75) is 6.67 Å². The third-order valence-corrected chi connectivity index (χ3v) is 2.97. The summed E-state index contributed by atoms with van der Waals surface area (Å²) < 4.78 is 12.9. The number of halogens is 2. The highest BCUT2D eigenvalue weighted by Crippen LogP contribution is 2.26. The average Bonchev–Trinajstić information content (AvgIpc) is 2.47. The number of carbonyl (C=O) groups is 1. The van der Waals surface area contributed by atoms with Crippen LogP contribution in [0.5, 0.6) is 0 Å². The molecule has 2 N–H and O–H groups in total. The molecule has 2 rings (SSSR count). The van der Waals surface area contributed by atoms with Crippen LogP contribution in [0.2, 0.25) is 5.15 Å². The van der Waals surface area contributed by atoms with Gasteiger partial charge in [0.1, 0.15) is 11.8 Å². The lowest BCUT2D eigenvalue weighted by Gasteiger charge is -2.13. The Morgan fingerprint density at radius 3 is 2.80 bits per heavy atom. The second-order valence-electron chi connectivity index (χ2n) is 4.05. The summed E-state index contributed by atoms with van der Waals surface area (Å²) in [5, 5.41) is 5.83. The molecule has 4 nitrogen and oxygen atoms in total. The van der Waals surface area contributed by atoms with Crippen LogP contribution in [0.15, 0.2) is 36.5 Å². The fraction of sp³-hybridized carbons (Fsp3) is 0.143. The highest BCUT2D eigenvalue weighted by molar-refractivity contribution is 6.29. The largest absolute Gasteiger partial charge is 0.355 e. The summed E-state index contributed by atoms with van der Waals surface area (Å²) in [4.78, 5) is 15.6. The van der Waals surface area contributed by atoms with Crippen molar-refractivity contribution in [3.05, 3.63) is 52.8 Å². The van der Waals surface area contributed by atoms with Gasteiger partial charge in [0.05, 0.1) is 11.3 Å². The maximum absolute atomic E-state index is 12.9. The van der Waals surface area contributed by atoms with E-state index in [1.807, 2.05) is 0 Å². The number of carbonyl (C=O) groups excluding carboxylic acids is 1. The number of alkyl halides is 1. The van der Waals surface area contributed by atoms with Crippen molar-refractivity contribution < 1.29 is 9.18 Å². The molecule has 0 saturated heterocycles. The van der Waals surface area contributed by atoms with Gasteiger partial charge in [0.25, 0.3) is 5.91 Å².